The van der Waals surface area contributed by atoms with Crippen molar-refractivity contribution in [1.29, 1.82) is 0 Å². The third-order valence-electron chi connectivity index (χ3n) is 5.03. The fourth-order valence-corrected chi connectivity index (χ4v) is 4.38. The number of thiophene rings is 1. The zero-order valence-corrected chi connectivity index (χ0v) is 20.7. The summed E-state index contributed by atoms with van der Waals surface area (Å²) in [5.74, 6) is 1.98. The van der Waals surface area contributed by atoms with Gasteiger partial charge in [-0.05, 0) is 44.6 Å². The third kappa shape index (κ3) is 7.15. The first kappa shape index (κ1) is 24.0. The lowest BCUT2D eigenvalue weighted by Crippen LogP contribution is -2.47. The van der Waals surface area contributed by atoms with Crippen molar-refractivity contribution in [1.82, 2.24) is 15.1 Å². The second-order valence-electron chi connectivity index (χ2n) is 7.31. The number of rotatable bonds is 7. The minimum absolute atomic E-state index is 0. The lowest BCUT2D eigenvalue weighted by Gasteiger charge is -2.34. The number of likely N-dealkylation sites (tertiary alicyclic amines) is 1. The molecule has 7 heteroatoms. The zero-order chi connectivity index (χ0) is 19.8. The maximum Gasteiger partial charge on any atom is 0.193 e. The van der Waals surface area contributed by atoms with Gasteiger partial charge < -0.3 is 19.9 Å². The maximum atomic E-state index is 6.13. The molecule has 1 aliphatic heterocycles. The molecule has 1 atom stereocenters. The lowest BCUT2D eigenvalue weighted by molar-refractivity contribution is 0.129. The Hall–Kier alpha value is -1.32. The molecular weight excluding hydrogens is 495 g/mol. The van der Waals surface area contributed by atoms with Crippen LogP contribution < -0.4 is 10.1 Å². The van der Waals surface area contributed by atoms with Gasteiger partial charge in [0.15, 0.2) is 5.96 Å². The Morgan fingerprint density at radius 1 is 1.21 bits per heavy atom. The molecule has 0 saturated carbocycles. The first-order chi connectivity index (χ1) is 13.7. The van der Waals surface area contributed by atoms with Crippen molar-refractivity contribution < 1.29 is 4.74 Å². The Morgan fingerprint density at radius 3 is 2.52 bits per heavy atom. The zero-order valence-electron chi connectivity index (χ0n) is 17.6. The van der Waals surface area contributed by atoms with Gasteiger partial charge in [-0.3, -0.25) is 4.99 Å². The second kappa shape index (κ2) is 12.4. The Labute approximate surface area is 196 Å². The first-order valence-electron chi connectivity index (χ1n) is 10.1. The highest BCUT2D eigenvalue weighted by Gasteiger charge is 2.23. The molecule has 160 valence electrons. The van der Waals surface area contributed by atoms with Crippen LogP contribution in [0.2, 0.25) is 0 Å². The molecule has 3 rings (SSSR count). The minimum atomic E-state index is 0. The number of nitrogens with one attached hydrogen (secondary N) is 1. The number of hydrogen-bond acceptors (Lipinski definition) is 4. The van der Waals surface area contributed by atoms with Crippen LogP contribution in [0.3, 0.4) is 0 Å². The van der Waals surface area contributed by atoms with Crippen LogP contribution in [0.5, 0.6) is 5.75 Å². The summed E-state index contributed by atoms with van der Waals surface area (Å²) < 4.78 is 6.13. The summed E-state index contributed by atoms with van der Waals surface area (Å²) in [5.41, 5.74) is 0. The van der Waals surface area contributed by atoms with Gasteiger partial charge in [-0.2, -0.15) is 0 Å². The fourth-order valence-electron chi connectivity index (χ4n) is 3.46. The average Bonchev–Trinajstić information content (AvgIpc) is 3.23. The van der Waals surface area contributed by atoms with Crippen molar-refractivity contribution in [3.63, 3.8) is 0 Å². The van der Waals surface area contributed by atoms with E-state index < -0.39 is 0 Å². The van der Waals surface area contributed by atoms with Crippen LogP contribution in [0.25, 0.3) is 0 Å². The number of guanidine groups is 1. The molecule has 1 saturated heterocycles. The standard InChI is InChI=1S/C22H32N4OS.HI/c1-4-23-22(24-17-20(25(2)3)21-11-8-16-28-21)26-14-12-19(13-15-26)27-18-9-6-5-7-10-18;/h5-11,16,19-20H,4,12-15,17H2,1-3H3,(H,23,24);1H. The van der Waals surface area contributed by atoms with Gasteiger partial charge in [-0.15, -0.1) is 35.3 Å². The van der Waals surface area contributed by atoms with Crippen molar-refractivity contribution in [2.45, 2.75) is 31.9 Å². The van der Waals surface area contributed by atoms with Gasteiger partial charge in [0.25, 0.3) is 0 Å². The van der Waals surface area contributed by atoms with E-state index in [-0.39, 0.29) is 30.1 Å². The molecule has 2 heterocycles. The van der Waals surface area contributed by atoms with Gasteiger partial charge in [-0.25, -0.2) is 0 Å². The van der Waals surface area contributed by atoms with E-state index in [4.69, 9.17) is 9.73 Å². The number of hydrogen-bond donors (Lipinski definition) is 1. The molecule has 5 nitrogen and oxygen atoms in total. The first-order valence-corrected chi connectivity index (χ1v) is 11.0. The van der Waals surface area contributed by atoms with E-state index in [0.29, 0.717) is 6.04 Å². The highest BCUT2D eigenvalue weighted by molar-refractivity contribution is 14.0. The molecule has 1 aromatic carbocycles. The summed E-state index contributed by atoms with van der Waals surface area (Å²) in [6.07, 6.45) is 2.31. The predicted octanol–water partition coefficient (Wildman–Crippen LogP) is 4.48. The van der Waals surface area contributed by atoms with Crippen molar-refractivity contribution >= 4 is 41.3 Å². The van der Waals surface area contributed by atoms with Crippen molar-refractivity contribution in [3.8, 4) is 5.75 Å². The Morgan fingerprint density at radius 2 is 1.93 bits per heavy atom. The van der Waals surface area contributed by atoms with Crippen LogP contribution in [0.4, 0.5) is 0 Å². The second-order valence-corrected chi connectivity index (χ2v) is 8.29. The Balaban J connectivity index is 0.00000300. The Kier molecular flexibility index (Phi) is 10.2. The lowest BCUT2D eigenvalue weighted by atomic mass is 10.1. The number of likely N-dealkylation sites (N-methyl/N-ethyl adjacent to an activating group) is 1. The smallest absolute Gasteiger partial charge is 0.193 e. The van der Waals surface area contributed by atoms with Gasteiger partial charge in [0.1, 0.15) is 11.9 Å². The number of ether oxygens (including phenoxy) is 1. The van der Waals surface area contributed by atoms with E-state index in [0.717, 1.165) is 50.7 Å². The SMILES string of the molecule is CCNC(=NCC(c1cccs1)N(C)C)N1CCC(Oc2ccccc2)CC1.I. The molecule has 1 fully saturated rings. The fraction of sp³-hybridized carbons (Fsp3) is 0.500. The van der Waals surface area contributed by atoms with Crippen LogP contribution in [0, 0.1) is 0 Å². The summed E-state index contributed by atoms with van der Waals surface area (Å²) in [5, 5.41) is 5.61. The number of benzene rings is 1. The summed E-state index contributed by atoms with van der Waals surface area (Å²) in [6, 6.07) is 14.8. The molecule has 0 radical (unpaired) electrons. The summed E-state index contributed by atoms with van der Waals surface area (Å²) in [7, 11) is 4.25. The molecule has 1 unspecified atom stereocenters. The molecule has 1 N–H and O–H groups in total. The van der Waals surface area contributed by atoms with Crippen LogP contribution in [-0.2, 0) is 0 Å². The average molecular weight is 529 g/mol. The van der Waals surface area contributed by atoms with Crippen LogP contribution in [0.15, 0.2) is 52.8 Å². The van der Waals surface area contributed by atoms with Crippen molar-refractivity contribution in [2.24, 2.45) is 4.99 Å². The van der Waals surface area contributed by atoms with Gasteiger partial charge in [0, 0.05) is 37.4 Å². The molecule has 1 aliphatic rings. The summed E-state index contributed by atoms with van der Waals surface area (Å²) >= 11 is 1.80. The van der Waals surface area contributed by atoms with Gasteiger partial charge in [-0.1, -0.05) is 24.3 Å². The molecule has 0 aliphatic carbocycles. The van der Waals surface area contributed by atoms with Crippen LogP contribution in [-0.4, -0.2) is 62.1 Å². The van der Waals surface area contributed by atoms with Crippen molar-refractivity contribution in [2.75, 3.05) is 40.3 Å². The molecule has 0 spiro atoms. The molecular formula is C22H33IN4OS. The van der Waals surface area contributed by atoms with Crippen LogP contribution >= 0.6 is 35.3 Å². The number of para-hydroxylation sites is 1. The quantitative estimate of drug-likeness (QED) is 0.327. The number of nitrogens with zero attached hydrogens (tertiary/aromatic N) is 3. The maximum absolute atomic E-state index is 6.13. The highest BCUT2D eigenvalue weighted by Crippen LogP contribution is 2.24. The molecule has 1 aromatic heterocycles. The van der Waals surface area contributed by atoms with E-state index in [9.17, 15) is 0 Å². The van der Waals surface area contributed by atoms with Gasteiger partial charge in [0.2, 0.25) is 0 Å². The third-order valence-corrected chi connectivity index (χ3v) is 6.00. The van der Waals surface area contributed by atoms with Gasteiger partial charge >= 0.3 is 0 Å². The summed E-state index contributed by atoms with van der Waals surface area (Å²) in [6.45, 7) is 5.70. The Bertz CT molecular complexity index is 716. The van der Waals surface area contributed by atoms with E-state index in [1.54, 1.807) is 11.3 Å². The van der Waals surface area contributed by atoms with E-state index in [1.165, 1.54) is 4.88 Å². The minimum Gasteiger partial charge on any atom is -0.490 e. The molecule has 2 aromatic rings. The van der Waals surface area contributed by atoms with E-state index in [1.807, 2.05) is 30.3 Å². The number of halogens is 1. The molecule has 0 amide bonds. The van der Waals surface area contributed by atoms with Crippen LogP contribution in [0.1, 0.15) is 30.7 Å². The monoisotopic (exact) mass is 528 g/mol. The van der Waals surface area contributed by atoms with E-state index >= 15 is 0 Å². The molecule has 29 heavy (non-hydrogen) atoms. The topological polar surface area (TPSA) is 40.1 Å². The number of piperidine rings is 1. The van der Waals surface area contributed by atoms with E-state index in [2.05, 4.69) is 53.6 Å². The predicted molar refractivity (Wildman–Crippen MR) is 134 cm³/mol. The van der Waals surface area contributed by atoms with Gasteiger partial charge in [0.05, 0.1) is 12.6 Å². The largest absolute Gasteiger partial charge is 0.490 e. The molecule has 0 bridgehead atoms. The highest BCUT2D eigenvalue weighted by atomic mass is 127. The normalized spacial score (nSPS) is 16.4. The summed E-state index contributed by atoms with van der Waals surface area (Å²) in [4.78, 5) is 11.0. The number of aliphatic imine (C=N–C) groups is 1. The van der Waals surface area contributed by atoms with Crippen molar-refractivity contribution in [3.05, 3.63) is 52.7 Å².